The second kappa shape index (κ2) is 4.89. The van der Waals surface area contributed by atoms with Crippen molar-refractivity contribution in [2.45, 2.75) is 37.9 Å². The Kier molecular flexibility index (Phi) is 3.37. The zero-order chi connectivity index (χ0) is 13.5. The van der Waals surface area contributed by atoms with Crippen LogP contribution in [-0.4, -0.2) is 48.0 Å². The predicted octanol–water partition coefficient (Wildman–Crippen LogP) is 1.80. The molecule has 0 aromatic heterocycles. The van der Waals surface area contributed by atoms with Gasteiger partial charge < -0.3 is 9.84 Å². The molecule has 19 heavy (non-hydrogen) atoms. The number of nitrogens with zero attached hydrogens (tertiary/aromatic N) is 1. The molecule has 1 aliphatic heterocycles. The highest BCUT2D eigenvalue weighted by molar-refractivity contribution is 5.40. The van der Waals surface area contributed by atoms with Gasteiger partial charge in [-0.25, -0.2) is 0 Å². The van der Waals surface area contributed by atoms with Gasteiger partial charge in [-0.3, -0.25) is 4.90 Å². The van der Waals surface area contributed by atoms with Gasteiger partial charge in [0, 0.05) is 25.6 Å². The molecule has 104 valence electrons. The molecule has 3 nitrogen and oxygen atoms in total. The molecule has 3 heteroatoms. The summed E-state index contributed by atoms with van der Waals surface area (Å²) in [5.74, 6) is 0.657. The molecule has 1 aromatic carbocycles. The molecule has 3 rings (SSSR count). The van der Waals surface area contributed by atoms with E-state index in [0.29, 0.717) is 5.92 Å². The van der Waals surface area contributed by atoms with E-state index in [9.17, 15) is 5.11 Å². The Morgan fingerprint density at radius 2 is 2.16 bits per heavy atom. The Hall–Kier alpha value is -0.900. The molecule has 0 saturated carbocycles. The van der Waals surface area contributed by atoms with E-state index in [-0.39, 0.29) is 18.3 Å². The molecular weight excluding hydrogens is 238 g/mol. The summed E-state index contributed by atoms with van der Waals surface area (Å²) >= 11 is 0. The Balaban J connectivity index is 1.65. The zero-order valence-electron chi connectivity index (χ0n) is 11.8. The first-order chi connectivity index (χ1) is 9.07. The molecule has 0 amide bonds. The van der Waals surface area contributed by atoms with Gasteiger partial charge in [-0.05, 0) is 31.4 Å². The molecule has 0 radical (unpaired) electrons. The number of ether oxygens (including phenoxy) is 1. The Morgan fingerprint density at radius 3 is 2.89 bits per heavy atom. The Morgan fingerprint density at radius 1 is 1.37 bits per heavy atom. The number of hydrogen-bond donors (Lipinski definition) is 1. The number of hydrogen-bond acceptors (Lipinski definition) is 3. The van der Waals surface area contributed by atoms with Crippen molar-refractivity contribution in [3.63, 3.8) is 0 Å². The Bertz CT molecular complexity index is 458. The van der Waals surface area contributed by atoms with Crippen LogP contribution in [0.2, 0.25) is 0 Å². The minimum atomic E-state index is -0.158. The van der Waals surface area contributed by atoms with Crippen molar-refractivity contribution in [3.05, 3.63) is 35.4 Å². The maximum atomic E-state index is 9.35. The van der Waals surface area contributed by atoms with Crippen molar-refractivity contribution < 1.29 is 9.84 Å². The number of morpholine rings is 1. The van der Waals surface area contributed by atoms with E-state index in [1.165, 1.54) is 17.5 Å². The van der Waals surface area contributed by atoms with Gasteiger partial charge in [-0.1, -0.05) is 24.3 Å². The highest BCUT2D eigenvalue weighted by atomic mass is 16.5. The van der Waals surface area contributed by atoms with Crippen molar-refractivity contribution in [2.24, 2.45) is 0 Å². The average Bonchev–Trinajstić information content (AvgIpc) is 2.34. The van der Waals surface area contributed by atoms with Gasteiger partial charge >= 0.3 is 0 Å². The third kappa shape index (κ3) is 2.69. The minimum absolute atomic E-state index is 0.0425. The standard InChI is InChI=1S/C16H23NO2/c1-16(2)11-17(9-14(10-18)19-16)8-13-7-12-5-3-4-6-15(12)13/h3-6,13-14,18H,7-11H2,1-2H3. The van der Waals surface area contributed by atoms with Crippen LogP contribution in [0.15, 0.2) is 24.3 Å². The zero-order valence-corrected chi connectivity index (χ0v) is 11.8. The smallest absolute Gasteiger partial charge is 0.0940 e. The van der Waals surface area contributed by atoms with Crippen LogP contribution >= 0.6 is 0 Å². The van der Waals surface area contributed by atoms with Crippen LogP contribution in [-0.2, 0) is 11.2 Å². The van der Waals surface area contributed by atoms with Gasteiger partial charge in [-0.2, -0.15) is 0 Å². The number of aliphatic hydroxyl groups is 1. The average molecular weight is 261 g/mol. The number of aliphatic hydroxyl groups excluding tert-OH is 1. The van der Waals surface area contributed by atoms with Crippen LogP contribution in [0.1, 0.15) is 30.9 Å². The maximum Gasteiger partial charge on any atom is 0.0940 e. The van der Waals surface area contributed by atoms with E-state index in [2.05, 4.69) is 43.0 Å². The summed E-state index contributed by atoms with van der Waals surface area (Å²) in [4.78, 5) is 2.45. The van der Waals surface area contributed by atoms with E-state index in [0.717, 1.165) is 19.6 Å². The molecule has 1 saturated heterocycles. The Labute approximate surface area is 115 Å². The largest absolute Gasteiger partial charge is 0.394 e. The van der Waals surface area contributed by atoms with Gasteiger partial charge in [0.25, 0.3) is 0 Å². The van der Waals surface area contributed by atoms with Crippen molar-refractivity contribution >= 4 is 0 Å². The SMILES string of the molecule is CC1(C)CN(CC2Cc3ccccc32)CC(CO)O1. The fourth-order valence-corrected chi connectivity index (χ4v) is 3.49. The predicted molar refractivity (Wildman–Crippen MR) is 75.4 cm³/mol. The topological polar surface area (TPSA) is 32.7 Å². The van der Waals surface area contributed by atoms with Gasteiger partial charge in [0.1, 0.15) is 0 Å². The summed E-state index contributed by atoms with van der Waals surface area (Å²) in [6.45, 7) is 7.20. The molecule has 0 spiro atoms. The summed E-state index contributed by atoms with van der Waals surface area (Å²) < 4.78 is 5.86. The van der Waals surface area contributed by atoms with Crippen LogP contribution in [0.3, 0.4) is 0 Å². The molecule has 1 fully saturated rings. The summed E-state index contributed by atoms with van der Waals surface area (Å²) in [7, 11) is 0. The van der Waals surface area contributed by atoms with Crippen molar-refractivity contribution in [3.8, 4) is 0 Å². The van der Waals surface area contributed by atoms with Crippen molar-refractivity contribution in [1.29, 1.82) is 0 Å². The van der Waals surface area contributed by atoms with Crippen LogP contribution in [0.4, 0.5) is 0 Å². The van der Waals surface area contributed by atoms with E-state index in [4.69, 9.17) is 4.74 Å². The lowest BCUT2D eigenvalue weighted by Gasteiger charge is -2.44. The fraction of sp³-hybridized carbons (Fsp3) is 0.625. The molecule has 1 aromatic rings. The van der Waals surface area contributed by atoms with Crippen molar-refractivity contribution in [2.75, 3.05) is 26.2 Å². The molecule has 1 N–H and O–H groups in total. The molecule has 0 bridgehead atoms. The van der Waals surface area contributed by atoms with Gasteiger partial charge in [0.2, 0.25) is 0 Å². The monoisotopic (exact) mass is 261 g/mol. The maximum absolute atomic E-state index is 9.35. The van der Waals surface area contributed by atoms with Crippen LogP contribution < -0.4 is 0 Å². The van der Waals surface area contributed by atoms with E-state index < -0.39 is 0 Å². The first-order valence-electron chi connectivity index (χ1n) is 7.16. The van der Waals surface area contributed by atoms with E-state index in [1.807, 2.05) is 0 Å². The molecule has 1 heterocycles. The van der Waals surface area contributed by atoms with Crippen LogP contribution in [0.5, 0.6) is 0 Å². The third-order valence-electron chi connectivity index (χ3n) is 4.20. The minimum Gasteiger partial charge on any atom is -0.394 e. The number of benzene rings is 1. The summed E-state index contributed by atoms with van der Waals surface area (Å²) in [5.41, 5.74) is 2.85. The number of rotatable bonds is 3. The summed E-state index contributed by atoms with van der Waals surface area (Å²) in [5, 5.41) is 9.35. The second-order valence-corrected chi connectivity index (χ2v) is 6.48. The van der Waals surface area contributed by atoms with Gasteiger partial charge in [0.15, 0.2) is 0 Å². The molecule has 2 aliphatic rings. The first kappa shape index (κ1) is 13.1. The van der Waals surface area contributed by atoms with Crippen LogP contribution in [0.25, 0.3) is 0 Å². The lowest BCUT2D eigenvalue weighted by Crippen LogP contribution is -2.55. The molecule has 2 unspecified atom stereocenters. The second-order valence-electron chi connectivity index (χ2n) is 6.48. The normalized spacial score (nSPS) is 29.6. The molecular formula is C16H23NO2. The third-order valence-corrected chi connectivity index (χ3v) is 4.20. The summed E-state index contributed by atoms with van der Waals surface area (Å²) in [6, 6.07) is 8.73. The highest BCUT2D eigenvalue weighted by Gasteiger charge is 2.35. The lowest BCUT2D eigenvalue weighted by atomic mass is 9.77. The first-order valence-corrected chi connectivity index (χ1v) is 7.16. The van der Waals surface area contributed by atoms with E-state index in [1.54, 1.807) is 0 Å². The van der Waals surface area contributed by atoms with Crippen molar-refractivity contribution in [1.82, 2.24) is 4.90 Å². The fourth-order valence-electron chi connectivity index (χ4n) is 3.49. The summed E-state index contributed by atoms with van der Waals surface area (Å²) in [6.07, 6.45) is 1.15. The lowest BCUT2D eigenvalue weighted by molar-refractivity contribution is -0.149. The molecule has 1 aliphatic carbocycles. The number of fused-ring (bicyclic) bond motifs is 1. The highest BCUT2D eigenvalue weighted by Crippen LogP contribution is 2.36. The van der Waals surface area contributed by atoms with Gasteiger partial charge in [0.05, 0.1) is 18.3 Å². The van der Waals surface area contributed by atoms with Crippen LogP contribution in [0, 0.1) is 0 Å². The molecule has 2 atom stereocenters. The quantitative estimate of drug-likeness (QED) is 0.900. The van der Waals surface area contributed by atoms with E-state index >= 15 is 0 Å². The van der Waals surface area contributed by atoms with Gasteiger partial charge in [-0.15, -0.1) is 0 Å².